The van der Waals surface area contributed by atoms with Gasteiger partial charge in [0.1, 0.15) is 0 Å². The molecule has 0 unspecified atom stereocenters. The zero-order valence-electron chi connectivity index (χ0n) is 15.5. The van der Waals surface area contributed by atoms with Gasteiger partial charge in [0, 0.05) is 18.7 Å². The molecule has 4 rings (SSSR count). The number of rotatable bonds is 4. The molecular weight excluding hydrogens is 367 g/mol. The maximum atomic E-state index is 13.9. The van der Waals surface area contributed by atoms with Crippen molar-refractivity contribution in [2.24, 2.45) is 0 Å². The number of benzene rings is 1. The van der Waals surface area contributed by atoms with Crippen molar-refractivity contribution in [2.45, 2.75) is 25.8 Å². The number of carbonyl (C=O) groups is 1. The van der Waals surface area contributed by atoms with Gasteiger partial charge in [-0.1, -0.05) is 10.4 Å². The molecule has 10 heteroatoms. The number of piperidine rings is 1. The molecule has 1 aliphatic heterocycles. The van der Waals surface area contributed by atoms with Gasteiger partial charge in [-0.05, 0) is 38.0 Å². The topological polar surface area (TPSA) is 99.2 Å². The molecule has 146 valence electrons. The van der Waals surface area contributed by atoms with Crippen molar-refractivity contribution in [1.29, 1.82) is 0 Å². The molecule has 9 nitrogen and oxygen atoms in total. The van der Waals surface area contributed by atoms with Crippen LogP contribution in [0.5, 0.6) is 5.75 Å². The van der Waals surface area contributed by atoms with Crippen molar-refractivity contribution in [3.63, 3.8) is 0 Å². The molecule has 1 aromatic carbocycles. The van der Waals surface area contributed by atoms with Gasteiger partial charge in [-0.3, -0.25) is 4.79 Å². The van der Waals surface area contributed by atoms with Gasteiger partial charge in [0.15, 0.2) is 23.1 Å². The van der Waals surface area contributed by atoms with Gasteiger partial charge in [-0.25, -0.2) is 9.07 Å². The molecule has 1 aliphatic rings. The monoisotopic (exact) mass is 386 g/mol. The first-order valence-electron chi connectivity index (χ1n) is 8.90. The first-order valence-corrected chi connectivity index (χ1v) is 8.90. The number of halogens is 1. The minimum atomic E-state index is -0.547. The van der Waals surface area contributed by atoms with Crippen molar-refractivity contribution in [2.75, 3.05) is 20.2 Å². The summed E-state index contributed by atoms with van der Waals surface area (Å²) >= 11 is 0. The van der Waals surface area contributed by atoms with Crippen molar-refractivity contribution in [1.82, 2.24) is 30.0 Å². The summed E-state index contributed by atoms with van der Waals surface area (Å²) in [5.41, 5.74) is 0.833. The highest BCUT2D eigenvalue weighted by molar-refractivity contribution is 5.94. The largest absolute Gasteiger partial charge is 0.494 e. The molecule has 0 N–H and O–H groups in total. The van der Waals surface area contributed by atoms with Crippen LogP contribution >= 0.6 is 0 Å². The zero-order chi connectivity index (χ0) is 19.7. The molecule has 1 amide bonds. The number of aryl methyl sites for hydroxylation is 1. The highest BCUT2D eigenvalue weighted by Gasteiger charge is 2.26. The zero-order valence-corrected chi connectivity index (χ0v) is 15.5. The Morgan fingerprint density at radius 3 is 2.75 bits per heavy atom. The van der Waals surface area contributed by atoms with Crippen LogP contribution in [0, 0.1) is 12.7 Å². The lowest BCUT2D eigenvalue weighted by molar-refractivity contribution is 0.0688. The first kappa shape index (κ1) is 18.1. The number of methoxy groups -OCH3 is 1. The van der Waals surface area contributed by atoms with Gasteiger partial charge in [0.05, 0.1) is 19.3 Å². The molecule has 3 heterocycles. The van der Waals surface area contributed by atoms with E-state index in [1.165, 1.54) is 19.2 Å². The molecule has 0 saturated carbocycles. The van der Waals surface area contributed by atoms with E-state index in [-0.39, 0.29) is 17.7 Å². The highest BCUT2D eigenvalue weighted by atomic mass is 19.1. The number of hydrogen-bond donors (Lipinski definition) is 0. The Balaban J connectivity index is 1.40. The summed E-state index contributed by atoms with van der Waals surface area (Å²) in [6.45, 7) is 2.83. The van der Waals surface area contributed by atoms with Crippen molar-refractivity contribution >= 4 is 5.91 Å². The average Bonchev–Trinajstić information content (AvgIpc) is 3.36. The summed E-state index contributed by atoms with van der Waals surface area (Å²) in [7, 11) is 1.39. The van der Waals surface area contributed by atoms with Crippen LogP contribution in [0.4, 0.5) is 4.39 Å². The normalized spacial score (nSPS) is 15.0. The molecular formula is C18H19FN6O3. The standard InChI is InChI=1S/C18H19FN6O3/c1-11-20-17(28-22-11)15-10-25(23-21-15)13-5-7-24(8-6-13)18(26)12-3-4-16(27-2)14(19)9-12/h3-4,9-10,13H,5-8H2,1-2H3. The lowest BCUT2D eigenvalue weighted by Crippen LogP contribution is -2.39. The fraction of sp³-hybridized carbons (Fsp3) is 0.389. The Hall–Kier alpha value is -3.30. The van der Waals surface area contributed by atoms with Crippen molar-refractivity contribution < 1.29 is 18.4 Å². The quantitative estimate of drug-likeness (QED) is 0.678. The third kappa shape index (κ3) is 3.45. The van der Waals surface area contributed by atoms with Crippen LogP contribution in [0.1, 0.15) is 35.1 Å². The second-order valence-corrected chi connectivity index (χ2v) is 6.60. The first-order chi connectivity index (χ1) is 13.5. The van der Waals surface area contributed by atoms with Gasteiger partial charge in [-0.15, -0.1) is 5.10 Å². The van der Waals surface area contributed by atoms with E-state index in [1.54, 1.807) is 28.8 Å². The van der Waals surface area contributed by atoms with E-state index in [0.717, 1.165) is 12.8 Å². The van der Waals surface area contributed by atoms with Gasteiger partial charge < -0.3 is 14.2 Å². The Labute approximate surface area is 160 Å². The highest BCUT2D eigenvalue weighted by Crippen LogP contribution is 2.25. The van der Waals surface area contributed by atoms with Gasteiger partial charge in [-0.2, -0.15) is 4.98 Å². The third-order valence-electron chi connectivity index (χ3n) is 4.78. The number of aromatic nitrogens is 5. The van der Waals surface area contributed by atoms with Crippen molar-refractivity contribution in [3.8, 4) is 17.3 Å². The van der Waals surface area contributed by atoms with Crippen LogP contribution in [0.15, 0.2) is 28.9 Å². The molecule has 0 atom stereocenters. The van der Waals surface area contributed by atoms with Crippen LogP contribution in [-0.2, 0) is 0 Å². The fourth-order valence-corrected chi connectivity index (χ4v) is 3.27. The number of hydrogen-bond acceptors (Lipinski definition) is 7. The SMILES string of the molecule is COc1ccc(C(=O)N2CCC(n3cc(-c4nc(C)no4)nn3)CC2)cc1F. The molecule has 0 bridgehead atoms. The molecule has 3 aromatic rings. The van der Waals surface area contributed by atoms with Gasteiger partial charge in [0.25, 0.3) is 11.8 Å². The molecule has 28 heavy (non-hydrogen) atoms. The van der Waals surface area contributed by atoms with Crippen LogP contribution in [0.3, 0.4) is 0 Å². The smallest absolute Gasteiger partial charge is 0.280 e. The number of likely N-dealkylation sites (tertiary alicyclic amines) is 1. The molecule has 0 radical (unpaired) electrons. The number of nitrogens with zero attached hydrogens (tertiary/aromatic N) is 6. The lowest BCUT2D eigenvalue weighted by Gasteiger charge is -2.31. The lowest BCUT2D eigenvalue weighted by atomic mass is 10.0. The fourth-order valence-electron chi connectivity index (χ4n) is 3.27. The van der Waals surface area contributed by atoms with Crippen LogP contribution in [0.25, 0.3) is 11.6 Å². The number of carbonyl (C=O) groups excluding carboxylic acids is 1. The van der Waals surface area contributed by atoms with Crippen molar-refractivity contribution in [3.05, 3.63) is 41.6 Å². The third-order valence-corrected chi connectivity index (χ3v) is 4.78. The van der Waals surface area contributed by atoms with E-state index in [2.05, 4.69) is 20.5 Å². The molecule has 0 aliphatic carbocycles. The predicted molar refractivity (Wildman–Crippen MR) is 95.2 cm³/mol. The van der Waals surface area contributed by atoms with E-state index < -0.39 is 5.82 Å². The van der Waals surface area contributed by atoms with Gasteiger partial charge in [0.2, 0.25) is 0 Å². The van der Waals surface area contributed by atoms with E-state index >= 15 is 0 Å². The van der Waals surface area contributed by atoms with E-state index in [0.29, 0.717) is 36.1 Å². The Bertz CT molecular complexity index is 993. The average molecular weight is 386 g/mol. The maximum Gasteiger partial charge on any atom is 0.280 e. The summed E-state index contributed by atoms with van der Waals surface area (Å²) in [5, 5.41) is 12.0. The minimum Gasteiger partial charge on any atom is -0.494 e. The van der Waals surface area contributed by atoms with Crippen LogP contribution in [0.2, 0.25) is 0 Å². The molecule has 0 spiro atoms. The summed E-state index contributed by atoms with van der Waals surface area (Å²) in [4.78, 5) is 18.5. The minimum absolute atomic E-state index is 0.113. The van der Waals surface area contributed by atoms with Crippen LogP contribution in [-0.4, -0.2) is 56.1 Å². The number of amides is 1. The second kappa shape index (κ2) is 7.37. The van der Waals surface area contributed by atoms with Crippen LogP contribution < -0.4 is 4.74 Å². The Kier molecular flexibility index (Phi) is 4.76. The maximum absolute atomic E-state index is 13.9. The van der Waals surface area contributed by atoms with E-state index in [1.807, 2.05) is 0 Å². The summed E-state index contributed by atoms with van der Waals surface area (Å²) < 4.78 is 25.6. The molecule has 1 saturated heterocycles. The number of ether oxygens (including phenoxy) is 1. The Morgan fingerprint density at radius 2 is 2.11 bits per heavy atom. The molecule has 1 fully saturated rings. The predicted octanol–water partition coefficient (Wildman–Crippen LogP) is 2.26. The second-order valence-electron chi connectivity index (χ2n) is 6.60. The van der Waals surface area contributed by atoms with Gasteiger partial charge >= 0.3 is 0 Å². The summed E-state index contributed by atoms with van der Waals surface area (Å²) in [5.74, 6) is 0.244. The van der Waals surface area contributed by atoms with E-state index in [9.17, 15) is 9.18 Å². The Morgan fingerprint density at radius 1 is 1.32 bits per heavy atom. The summed E-state index contributed by atoms with van der Waals surface area (Å²) in [6.07, 6.45) is 3.21. The molecule has 2 aromatic heterocycles. The summed E-state index contributed by atoms with van der Waals surface area (Å²) in [6, 6.07) is 4.36. The van der Waals surface area contributed by atoms with E-state index in [4.69, 9.17) is 9.26 Å².